The van der Waals surface area contributed by atoms with Crippen molar-refractivity contribution in [2.45, 2.75) is 19.6 Å². The Balaban J connectivity index is 2.06. The minimum atomic E-state index is -0.836. The fourth-order valence-corrected chi connectivity index (χ4v) is 2.49. The molecule has 0 aliphatic heterocycles. The first-order valence-electron chi connectivity index (χ1n) is 6.44. The Labute approximate surface area is 131 Å². The second-order valence-corrected chi connectivity index (χ2v) is 5.47. The molecule has 3 nitrogen and oxygen atoms in total. The Bertz CT molecular complexity index is 629. The number of hydrogen-bond acceptors (Lipinski definition) is 3. The molecule has 0 saturated carbocycles. The standard InChI is InChI=1S/C16H16BrFO3/c1-10(19)13-5-4-12(8-15(13)18)21-9-11-3-6-16(20-2)14(17)7-11/h3-8,10,19H,9H2,1-2H3/t10-/m0/s1. The van der Waals surface area contributed by atoms with Crippen molar-refractivity contribution >= 4 is 15.9 Å². The smallest absolute Gasteiger partial charge is 0.133 e. The van der Waals surface area contributed by atoms with Crippen LogP contribution >= 0.6 is 15.9 Å². The van der Waals surface area contributed by atoms with Crippen LogP contribution in [0.15, 0.2) is 40.9 Å². The highest BCUT2D eigenvalue weighted by Crippen LogP contribution is 2.27. The van der Waals surface area contributed by atoms with Crippen LogP contribution in [0.2, 0.25) is 0 Å². The van der Waals surface area contributed by atoms with Gasteiger partial charge in [-0.15, -0.1) is 0 Å². The van der Waals surface area contributed by atoms with E-state index in [1.807, 2.05) is 18.2 Å². The van der Waals surface area contributed by atoms with E-state index in [-0.39, 0.29) is 5.56 Å². The maximum absolute atomic E-state index is 13.7. The van der Waals surface area contributed by atoms with Crippen LogP contribution < -0.4 is 9.47 Å². The summed E-state index contributed by atoms with van der Waals surface area (Å²) in [5.74, 6) is 0.688. The van der Waals surface area contributed by atoms with Crippen LogP contribution in [0.1, 0.15) is 24.2 Å². The maximum Gasteiger partial charge on any atom is 0.133 e. The van der Waals surface area contributed by atoms with Crippen molar-refractivity contribution in [3.8, 4) is 11.5 Å². The highest BCUT2D eigenvalue weighted by Gasteiger charge is 2.09. The van der Waals surface area contributed by atoms with E-state index in [9.17, 15) is 9.50 Å². The van der Waals surface area contributed by atoms with Crippen molar-refractivity contribution in [2.75, 3.05) is 7.11 Å². The van der Waals surface area contributed by atoms with Gasteiger partial charge in [-0.1, -0.05) is 6.07 Å². The Morgan fingerprint density at radius 1 is 1.24 bits per heavy atom. The molecule has 1 N–H and O–H groups in total. The lowest BCUT2D eigenvalue weighted by atomic mass is 10.1. The van der Waals surface area contributed by atoms with E-state index in [0.29, 0.717) is 12.4 Å². The predicted octanol–water partition coefficient (Wildman–Crippen LogP) is 4.23. The molecule has 0 aliphatic rings. The topological polar surface area (TPSA) is 38.7 Å². The van der Waals surface area contributed by atoms with Crippen LogP contribution in [0.4, 0.5) is 4.39 Å². The van der Waals surface area contributed by atoms with E-state index in [4.69, 9.17) is 9.47 Å². The third-order valence-electron chi connectivity index (χ3n) is 3.04. The molecule has 0 bridgehead atoms. The number of aliphatic hydroxyl groups excluding tert-OH is 1. The average molecular weight is 355 g/mol. The Morgan fingerprint density at radius 3 is 2.57 bits per heavy atom. The van der Waals surface area contributed by atoms with Gasteiger partial charge in [-0.2, -0.15) is 0 Å². The SMILES string of the molecule is COc1ccc(COc2ccc([C@H](C)O)c(F)c2)cc1Br. The first kappa shape index (κ1) is 15.8. The van der Waals surface area contributed by atoms with Gasteiger partial charge in [0.15, 0.2) is 0 Å². The molecule has 21 heavy (non-hydrogen) atoms. The molecule has 0 heterocycles. The lowest BCUT2D eigenvalue weighted by Crippen LogP contribution is -1.99. The summed E-state index contributed by atoms with van der Waals surface area (Å²) in [6, 6.07) is 10.0. The second kappa shape index (κ2) is 6.91. The summed E-state index contributed by atoms with van der Waals surface area (Å²) in [5.41, 5.74) is 1.19. The molecular weight excluding hydrogens is 339 g/mol. The molecule has 0 aromatic heterocycles. The lowest BCUT2D eigenvalue weighted by Gasteiger charge is -2.11. The quantitative estimate of drug-likeness (QED) is 0.873. The Morgan fingerprint density at radius 2 is 2.00 bits per heavy atom. The first-order valence-corrected chi connectivity index (χ1v) is 7.23. The van der Waals surface area contributed by atoms with Crippen LogP contribution in [-0.2, 0) is 6.61 Å². The molecule has 0 amide bonds. The van der Waals surface area contributed by atoms with Gasteiger partial charge in [0.25, 0.3) is 0 Å². The molecule has 0 saturated heterocycles. The van der Waals surface area contributed by atoms with Gasteiger partial charge < -0.3 is 14.6 Å². The molecule has 0 fully saturated rings. The van der Waals surface area contributed by atoms with E-state index in [0.717, 1.165) is 15.8 Å². The number of hydrogen-bond donors (Lipinski definition) is 1. The lowest BCUT2D eigenvalue weighted by molar-refractivity contribution is 0.194. The number of rotatable bonds is 5. The van der Waals surface area contributed by atoms with Gasteiger partial charge in [0, 0.05) is 11.6 Å². The zero-order chi connectivity index (χ0) is 15.4. The summed E-state index contributed by atoms with van der Waals surface area (Å²) in [6.45, 7) is 1.84. The van der Waals surface area contributed by atoms with E-state index in [1.165, 1.54) is 19.1 Å². The predicted molar refractivity (Wildman–Crippen MR) is 82.1 cm³/mol. The third-order valence-corrected chi connectivity index (χ3v) is 3.66. The summed E-state index contributed by atoms with van der Waals surface area (Å²) in [4.78, 5) is 0. The molecule has 112 valence electrons. The van der Waals surface area contributed by atoms with Gasteiger partial charge in [-0.3, -0.25) is 0 Å². The highest BCUT2D eigenvalue weighted by molar-refractivity contribution is 9.10. The number of aliphatic hydroxyl groups is 1. The summed E-state index contributed by atoms with van der Waals surface area (Å²) in [7, 11) is 1.60. The van der Waals surface area contributed by atoms with Gasteiger partial charge in [0.1, 0.15) is 23.9 Å². The van der Waals surface area contributed by atoms with Crippen molar-refractivity contribution in [1.29, 1.82) is 0 Å². The minimum Gasteiger partial charge on any atom is -0.496 e. The molecule has 0 unspecified atom stereocenters. The number of ether oxygens (including phenoxy) is 2. The van der Waals surface area contributed by atoms with E-state index in [2.05, 4.69) is 15.9 Å². The molecule has 0 radical (unpaired) electrons. The molecule has 5 heteroatoms. The van der Waals surface area contributed by atoms with Crippen molar-refractivity contribution in [1.82, 2.24) is 0 Å². The largest absolute Gasteiger partial charge is 0.496 e. The fraction of sp³-hybridized carbons (Fsp3) is 0.250. The van der Waals surface area contributed by atoms with Crippen LogP contribution in [0.5, 0.6) is 11.5 Å². The van der Waals surface area contributed by atoms with Crippen molar-refractivity contribution < 1.29 is 19.0 Å². The van der Waals surface area contributed by atoms with Crippen molar-refractivity contribution in [3.63, 3.8) is 0 Å². The zero-order valence-electron chi connectivity index (χ0n) is 11.8. The summed E-state index contributed by atoms with van der Waals surface area (Å²) >= 11 is 3.40. The second-order valence-electron chi connectivity index (χ2n) is 4.62. The van der Waals surface area contributed by atoms with E-state index >= 15 is 0 Å². The fourth-order valence-electron chi connectivity index (χ4n) is 1.90. The van der Waals surface area contributed by atoms with Gasteiger partial charge in [-0.05, 0) is 52.7 Å². The van der Waals surface area contributed by atoms with Gasteiger partial charge >= 0.3 is 0 Å². The van der Waals surface area contributed by atoms with Gasteiger partial charge in [0.2, 0.25) is 0 Å². The van der Waals surface area contributed by atoms with Crippen LogP contribution in [0.25, 0.3) is 0 Å². The highest BCUT2D eigenvalue weighted by atomic mass is 79.9. The molecule has 0 aliphatic carbocycles. The molecule has 2 aromatic carbocycles. The number of benzene rings is 2. The molecule has 2 aromatic rings. The Kier molecular flexibility index (Phi) is 5.20. The summed E-state index contributed by atoms with van der Waals surface area (Å²) in [5, 5.41) is 9.39. The molecule has 0 spiro atoms. The van der Waals surface area contributed by atoms with Crippen LogP contribution in [0, 0.1) is 5.82 Å². The van der Waals surface area contributed by atoms with Crippen LogP contribution in [-0.4, -0.2) is 12.2 Å². The monoisotopic (exact) mass is 354 g/mol. The van der Waals surface area contributed by atoms with Gasteiger partial charge in [0.05, 0.1) is 17.7 Å². The van der Waals surface area contributed by atoms with E-state index in [1.54, 1.807) is 13.2 Å². The summed E-state index contributed by atoms with van der Waals surface area (Å²) in [6.07, 6.45) is -0.836. The minimum absolute atomic E-state index is 0.259. The van der Waals surface area contributed by atoms with Crippen molar-refractivity contribution in [3.05, 3.63) is 57.8 Å². The molecular formula is C16H16BrFO3. The normalized spacial score (nSPS) is 12.0. The van der Waals surface area contributed by atoms with Crippen LogP contribution in [0.3, 0.4) is 0 Å². The first-order chi connectivity index (χ1) is 10.0. The van der Waals surface area contributed by atoms with E-state index < -0.39 is 11.9 Å². The third kappa shape index (κ3) is 3.95. The van der Waals surface area contributed by atoms with Gasteiger partial charge in [-0.25, -0.2) is 4.39 Å². The average Bonchev–Trinajstić information content (AvgIpc) is 2.45. The molecule has 1 atom stereocenters. The maximum atomic E-state index is 13.7. The number of halogens is 2. The Hall–Kier alpha value is -1.59. The summed E-state index contributed by atoms with van der Waals surface area (Å²) < 4.78 is 25.3. The number of methoxy groups -OCH3 is 1. The zero-order valence-corrected chi connectivity index (χ0v) is 13.4. The van der Waals surface area contributed by atoms with Crippen molar-refractivity contribution in [2.24, 2.45) is 0 Å². The molecule has 2 rings (SSSR count).